The van der Waals surface area contributed by atoms with E-state index in [0.29, 0.717) is 0 Å². The van der Waals surface area contributed by atoms with Crippen molar-refractivity contribution in [3.63, 3.8) is 0 Å². The van der Waals surface area contributed by atoms with Crippen LogP contribution in [-0.2, 0) is 6.42 Å². The standard InChI is InChI=1S/C22H30N6.HI/c1-4-27(20-9-7-8-18(2)16-20)15-13-25-22(23-3)24-12-11-19-17-28-14-6-5-10-21(28)26-19;/h5-10,14,16-17H,4,11-13,15H2,1-3H3,(H2,23,24,25);1H. The lowest BCUT2D eigenvalue weighted by Gasteiger charge is -2.24. The molecule has 0 unspecified atom stereocenters. The number of imidazole rings is 1. The lowest BCUT2D eigenvalue weighted by molar-refractivity contribution is 0.744. The number of aryl methyl sites for hydroxylation is 1. The number of nitrogens with zero attached hydrogens (tertiary/aromatic N) is 4. The number of pyridine rings is 1. The molecule has 3 aromatic rings. The molecule has 0 amide bonds. The van der Waals surface area contributed by atoms with Crippen LogP contribution in [0.25, 0.3) is 5.65 Å². The maximum atomic E-state index is 4.63. The number of halogens is 1. The summed E-state index contributed by atoms with van der Waals surface area (Å²) < 4.78 is 2.05. The molecular formula is C22H31IN6. The molecule has 0 saturated carbocycles. The topological polar surface area (TPSA) is 57.0 Å². The molecule has 0 spiro atoms. The molecule has 0 radical (unpaired) electrons. The van der Waals surface area contributed by atoms with Gasteiger partial charge in [-0.15, -0.1) is 24.0 Å². The molecule has 3 rings (SSSR count). The van der Waals surface area contributed by atoms with E-state index in [1.54, 1.807) is 7.05 Å². The summed E-state index contributed by atoms with van der Waals surface area (Å²) in [6.45, 7) is 7.83. The van der Waals surface area contributed by atoms with Gasteiger partial charge >= 0.3 is 0 Å². The zero-order valence-corrected chi connectivity index (χ0v) is 19.8. The average molecular weight is 506 g/mol. The maximum absolute atomic E-state index is 4.63. The second kappa shape index (κ2) is 11.6. The van der Waals surface area contributed by atoms with Crippen LogP contribution in [0.4, 0.5) is 5.69 Å². The van der Waals surface area contributed by atoms with Gasteiger partial charge in [-0.25, -0.2) is 4.98 Å². The van der Waals surface area contributed by atoms with E-state index in [0.717, 1.165) is 49.9 Å². The van der Waals surface area contributed by atoms with Gasteiger partial charge in [0.1, 0.15) is 5.65 Å². The third-order valence-electron chi connectivity index (χ3n) is 4.73. The Balaban J connectivity index is 0.00000300. The first-order valence-corrected chi connectivity index (χ1v) is 9.88. The number of nitrogens with one attached hydrogen (secondary N) is 2. The van der Waals surface area contributed by atoms with Gasteiger partial charge in [0, 0.05) is 57.7 Å². The summed E-state index contributed by atoms with van der Waals surface area (Å²) in [6, 6.07) is 14.7. The Bertz CT molecular complexity index is 887. The van der Waals surface area contributed by atoms with Crippen LogP contribution in [0.2, 0.25) is 0 Å². The number of hydrogen-bond acceptors (Lipinski definition) is 3. The van der Waals surface area contributed by atoms with Crippen molar-refractivity contribution in [2.24, 2.45) is 4.99 Å². The first kappa shape index (κ1) is 23.0. The summed E-state index contributed by atoms with van der Waals surface area (Å²) in [6.07, 6.45) is 4.95. The van der Waals surface area contributed by atoms with Gasteiger partial charge in [-0.2, -0.15) is 0 Å². The summed E-state index contributed by atoms with van der Waals surface area (Å²) in [4.78, 5) is 11.3. The normalized spacial score (nSPS) is 11.2. The molecule has 2 aromatic heterocycles. The minimum atomic E-state index is 0. The third-order valence-corrected chi connectivity index (χ3v) is 4.73. The minimum absolute atomic E-state index is 0. The number of fused-ring (bicyclic) bond motifs is 1. The fraction of sp³-hybridized carbons (Fsp3) is 0.364. The number of anilines is 1. The molecule has 0 fully saturated rings. The predicted octanol–water partition coefficient (Wildman–Crippen LogP) is 3.49. The second-order valence-electron chi connectivity index (χ2n) is 6.79. The summed E-state index contributed by atoms with van der Waals surface area (Å²) >= 11 is 0. The van der Waals surface area contributed by atoms with Gasteiger partial charge in [-0.3, -0.25) is 4.99 Å². The van der Waals surface area contributed by atoms with Gasteiger partial charge in [0.25, 0.3) is 0 Å². The van der Waals surface area contributed by atoms with Crippen molar-refractivity contribution < 1.29 is 0 Å². The molecule has 2 heterocycles. The van der Waals surface area contributed by atoms with Crippen molar-refractivity contribution in [1.82, 2.24) is 20.0 Å². The molecule has 2 N–H and O–H groups in total. The van der Waals surface area contributed by atoms with E-state index in [-0.39, 0.29) is 24.0 Å². The highest BCUT2D eigenvalue weighted by Crippen LogP contribution is 2.14. The maximum Gasteiger partial charge on any atom is 0.191 e. The lowest BCUT2D eigenvalue weighted by atomic mass is 10.2. The number of likely N-dealkylation sites (N-methyl/N-ethyl adjacent to an activating group) is 1. The molecule has 0 atom stereocenters. The monoisotopic (exact) mass is 506 g/mol. The number of aromatic nitrogens is 2. The summed E-state index contributed by atoms with van der Waals surface area (Å²) in [7, 11) is 1.80. The van der Waals surface area contributed by atoms with E-state index in [4.69, 9.17) is 0 Å². The fourth-order valence-electron chi connectivity index (χ4n) is 3.24. The van der Waals surface area contributed by atoms with Crippen LogP contribution < -0.4 is 15.5 Å². The zero-order valence-electron chi connectivity index (χ0n) is 17.4. The average Bonchev–Trinajstić information content (AvgIpc) is 3.12. The molecule has 0 bridgehead atoms. The van der Waals surface area contributed by atoms with Crippen LogP contribution in [0.5, 0.6) is 0 Å². The van der Waals surface area contributed by atoms with Crippen molar-refractivity contribution >= 4 is 41.3 Å². The fourth-order valence-corrected chi connectivity index (χ4v) is 3.24. The Labute approximate surface area is 190 Å². The number of rotatable bonds is 8. The van der Waals surface area contributed by atoms with Crippen LogP contribution in [-0.4, -0.2) is 48.6 Å². The summed E-state index contributed by atoms with van der Waals surface area (Å²) in [5.74, 6) is 0.823. The van der Waals surface area contributed by atoms with Gasteiger partial charge in [0.05, 0.1) is 5.69 Å². The van der Waals surface area contributed by atoms with Crippen molar-refractivity contribution in [2.75, 3.05) is 38.1 Å². The largest absolute Gasteiger partial charge is 0.370 e. The molecule has 0 aliphatic heterocycles. The molecular weight excluding hydrogens is 475 g/mol. The molecule has 6 nitrogen and oxygen atoms in total. The molecule has 1 aromatic carbocycles. The molecule has 0 aliphatic rings. The van der Waals surface area contributed by atoms with E-state index in [1.807, 2.05) is 28.8 Å². The van der Waals surface area contributed by atoms with E-state index < -0.39 is 0 Å². The molecule has 29 heavy (non-hydrogen) atoms. The van der Waals surface area contributed by atoms with Crippen LogP contribution in [0, 0.1) is 6.92 Å². The highest BCUT2D eigenvalue weighted by Gasteiger charge is 2.06. The van der Waals surface area contributed by atoms with Crippen LogP contribution in [0.15, 0.2) is 59.9 Å². The molecule has 0 aliphatic carbocycles. The van der Waals surface area contributed by atoms with E-state index >= 15 is 0 Å². The third kappa shape index (κ3) is 6.62. The summed E-state index contributed by atoms with van der Waals surface area (Å²) in [5, 5.41) is 6.78. The van der Waals surface area contributed by atoms with Crippen molar-refractivity contribution in [1.29, 1.82) is 0 Å². The van der Waals surface area contributed by atoms with Crippen molar-refractivity contribution in [2.45, 2.75) is 20.3 Å². The highest BCUT2D eigenvalue weighted by molar-refractivity contribution is 14.0. The first-order valence-electron chi connectivity index (χ1n) is 9.88. The molecule has 156 valence electrons. The second-order valence-corrected chi connectivity index (χ2v) is 6.79. The number of benzene rings is 1. The van der Waals surface area contributed by atoms with Crippen molar-refractivity contribution in [3.05, 3.63) is 66.1 Å². The Morgan fingerprint density at radius 3 is 2.69 bits per heavy atom. The molecule has 7 heteroatoms. The number of aliphatic imine (C=N–C) groups is 1. The lowest BCUT2D eigenvalue weighted by Crippen LogP contribution is -2.42. The Kier molecular flexibility index (Phi) is 9.24. The zero-order chi connectivity index (χ0) is 19.8. The van der Waals surface area contributed by atoms with Gasteiger partial charge in [-0.05, 0) is 43.7 Å². The van der Waals surface area contributed by atoms with Gasteiger partial charge < -0.3 is 19.9 Å². The Morgan fingerprint density at radius 2 is 1.97 bits per heavy atom. The van der Waals surface area contributed by atoms with E-state index in [9.17, 15) is 0 Å². The highest BCUT2D eigenvalue weighted by atomic mass is 127. The van der Waals surface area contributed by atoms with Crippen molar-refractivity contribution in [3.8, 4) is 0 Å². The number of guanidine groups is 1. The molecule has 0 saturated heterocycles. The summed E-state index contributed by atoms with van der Waals surface area (Å²) in [5.41, 5.74) is 4.61. The SMILES string of the molecule is CCN(CCNC(=NC)NCCc1cn2ccccc2n1)c1cccc(C)c1.I. The Morgan fingerprint density at radius 1 is 1.14 bits per heavy atom. The van der Waals surface area contributed by atoms with Gasteiger partial charge in [-0.1, -0.05) is 18.2 Å². The number of hydrogen-bond donors (Lipinski definition) is 2. The minimum Gasteiger partial charge on any atom is -0.370 e. The van der Waals surface area contributed by atoms with Crippen LogP contribution in [0.1, 0.15) is 18.2 Å². The Hall–Kier alpha value is -2.29. The smallest absolute Gasteiger partial charge is 0.191 e. The van der Waals surface area contributed by atoms with E-state index in [1.165, 1.54) is 11.3 Å². The van der Waals surface area contributed by atoms with Gasteiger partial charge in [0.15, 0.2) is 5.96 Å². The van der Waals surface area contributed by atoms with Crippen LogP contribution in [0.3, 0.4) is 0 Å². The van der Waals surface area contributed by atoms with Crippen LogP contribution >= 0.6 is 24.0 Å². The van der Waals surface area contributed by atoms with E-state index in [2.05, 4.69) is 69.8 Å². The van der Waals surface area contributed by atoms with Gasteiger partial charge in [0.2, 0.25) is 0 Å². The first-order chi connectivity index (χ1) is 13.7. The quantitative estimate of drug-likeness (QED) is 0.279. The predicted molar refractivity (Wildman–Crippen MR) is 133 cm³/mol.